The highest BCUT2D eigenvalue weighted by molar-refractivity contribution is 7.16. The molecule has 0 saturated heterocycles. The number of Topliss-reactive ketones (excluding diaryl/α,β-unsaturated/α-hetero) is 1. The molecule has 0 bridgehead atoms. The summed E-state index contributed by atoms with van der Waals surface area (Å²) in [7, 11) is 0. The van der Waals surface area contributed by atoms with Crippen LogP contribution in [-0.2, 0) is 16.1 Å². The number of fused-ring (bicyclic) bond motifs is 2. The van der Waals surface area contributed by atoms with Crippen LogP contribution in [0.15, 0.2) is 40.3 Å². The third-order valence-corrected chi connectivity index (χ3v) is 6.89. The lowest BCUT2D eigenvalue weighted by molar-refractivity contribution is -0.120. The number of nitrogens with one attached hydrogen (secondary N) is 1. The lowest BCUT2D eigenvalue weighted by Crippen LogP contribution is -2.26. The van der Waals surface area contributed by atoms with Gasteiger partial charge >= 0.3 is 4.87 Å². The average molecular weight is 370 g/mol. The first-order valence-electron chi connectivity index (χ1n) is 8.93. The molecule has 2 aromatic rings. The maximum atomic E-state index is 12.4. The molecule has 1 aromatic heterocycles. The number of amides is 1. The summed E-state index contributed by atoms with van der Waals surface area (Å²) >= 11 is 1.19. The fourth-order valence-corrected chi connectivity index (χ4v) is 5.32. The quantitative estimate of drug-likeness (QED) is 0.841. The number of carbonyl (C=O) groups excluding carboxylic acids is 2. The van der Waals surface area contributed by atoms with Crippen LogP contribution in [0.1, 0.15) is 33.6 Å². The first kappa shape index (κ1) is 17.2. The number of thiazole rings is 1. The van der Waals surface area contributed by atoms with Gasteiger partial charge in [-0.1, -0.05) is 37.3 Å². The molecule has 0 aliphatic heterocycles. The highest BCUT2D eigenvalue weighted by Crippen LogP contribution is 2.68. The number of aryl methyl sites for hydroxylation is 1. The first-order chi connectivity index (χ1) is 12.3. The van der Waals surface area contributed by atoms with E-state index in [2.05, 4.69) is 19.2 Å². The van der Waals surface area contributed by atoms with Crippen LogP contribution in [-0.4, -0.2) is 16.3 Å². The molecular weight excluding hydrogens is 348 g/mol. The minimum Gasteiger partial charge on any atom is -0.330 e. The molecule has 1 N–H and O–H groups in total. The van der Waals surface area contributed by atoms with Gasteiger partial charge in [-0.3, -0.25) is 19.0 Å². The van der Waals surface area contributed by atoms with Crippen molar-refractivity contribution in [3.63, 3.8) is 0 Å². The van der Waals surface area contributed by atoms with Crippen LogP contribution in [0.3, 0.4) is 0 Å². The van der Waals surface area contributed by atoms with E-state index in [4.69, 9.17) is 0 Å². The largest absolute Gasteiger partial charge is 0.330 e. The Kier molecular flexibility index (Phi) is 3.91. The average Bonchev–Trinajstić information content (AvgIpc) is 2.90. The number of allylic oxidation sites excluding steroid dienone is 2. The zero-order valence-electron chi connectivity index (χ0n) is 15.2. The molecule has 2 fully saturated rings. The van der Waals surface area contributed by atoms with Gasteiger partial charge in [-0.25, -0.2) is 0 Å². The van der Waals surface area contributed by atoms with Gasteiger partial charge in [-0.05, 0) is 36.3 Å². The van der Waals surface area contributed by atoms with E-state index in [-0.39, 0.29) is 34.3 Å². The maximum absolute atomic E-state index is 12.4. The van der Waals surface area contributed by atoms with Gasteiger partial charge in [0.2, 0.25) is 5.91 Å². The summed E-state index contributed by atoms with van der Waals surface area (Å²) in [6.07, 6.45) is 0.799. The molecule has 6 heteroatoms. The molecule has 136 valence electrons. The fourth-order valence-electron chi connectivity index (χ4n) is 4.40. The second-order valence-corrected chi connectivity index (χ2v) is 8.85. The monoisotopic (exact) mass is 370 g/mol. The SMILES string of the molecule is CC(NC(=O)CCn1c(=O)sc2ccccc21)=C1C(=O)C[C@@H]2[C@@H]1C2(C)C. The molecule has 2 atom stereocenters. The Hall–Kier alpha value is -2.21. The lowest BCUT2D eigenvalue weighted by Gasteiger charge is -2.14. The topological polar surface area (TPSA) is 68.2 Å². The zero-order valence-corrected chi connectivity index (χ0v) is 16.0. The summed E-state index contributed by atoms with van der Waals surface area (Å²) in [5.74, 6) is 0.704. The summed E-state index contributed by atoms with van der Waals surface area (Å²) in [6, 6.07) is 7.59. The Morgan fingerprint density at radius 3 is 2.77 bits per heavy atom. The summed E-state index contributed by atoms with van der Waals surface area (Å²) in [5, 5.41) is 2.88. The molecule has 4 rings (SSSR count). The minimum atomic E-state index is -0.160. The van der Waals surface area contributed by atoms with Gasteiger partial charge < -0.3 is 5.32 Å². The van der Waals surface area contributed by atoms with E-state index in [1.165, 1.54) is 11.3 Å². The van der Waals surface area contributed by atoms with Gasteiger partial charge in [0.15, 0.2) is 5.78 Å². The van der Waals surface area contributed by atoms with E-state index in [0.29, 0.717) is 24.6 Å². The van der Waals surface area contributed by atoms with Crippen molar-refractivity contribution in [3.05, 3.63) is 45.2 Å². The Morgan fingerprint density at radius 1 is 1.31 bits per heavy atom. The Bertz CT molecular complexity index is 1010. The van der Waals surface area contributed by atoms with Crippen molar-refractivity contribution in [2.24, 2.45) is 17.3 Å². The zero-order chi connectivity index (χ0) is 18.6. The van der Waals surface area contributed by atoms with Gasteiger partial charge in [0.1, 0.15) is 0 Å². The second kappa shape index (κ2) is 5.91. The van der Waals surface area contributed by atoms with Crippen LogP contribution >= 0.6 is 11.3 Å². The number of hydrogen-bond acceptors (Lipinski definition) is 4. The van der Waals surface area contributed by atoms with Crippen LogP contribution in [0.2, 0.25) is 0 Å². The van der Waals surface area contributed by atoms with E-state index in [1.807, 2.05) is 31.2 Å². The highest BCUT2D eigenvalue weighted by atomic mass is 32.1. The summed E-state index contributed by atoms with van der Waals surface area (Å²) in [6.45, 7) is 6.51. The molecular formula is C20H22N2O3S. The predicted octanol–water partition coefficient (Wildman–Crippen LogP) is 3.09. The summed E-state index contributed by atoms with van der Waals surface area (Å²) < 4.78 is 2.57. The fraction of sp³-hybridized carbons (Fsp3) is 0.450. The molecule has 1 aromatic carbocycles. The molecule has 0 spiro atoms. The number of carbonyl (C=O) groups is 2. The van der Waals surface area contributed by atoms with Gasteiger partial charge in [-0.15, -0.1) is 0 Å². The van der Waals surface area contributed by atoms with Crippen molar-refractivity contribution in [2.45, 2.75) is 40.2 Å². The van der Waals surface area contributed by atoms with Gasteiger partial charge in [0.25, 0.3) is 0 Å². The maximum Gasteiger partial charge on any atom is 0.308 e. The van der Waals surface area contributed by atoms with Crippen LogP contribution < -0.4 is 10.2 Å². The number of nitrogens with zero attached hydrogens (tertiary/aromatic N) is 1. The Labute approximate surface area is 155 Å². The van der Waals surface area contributed by atoms with Crippen molar-refractivity contribution in [1.29, 1.82) is 0 Å². The van der Waals surface area contributed by atoms with Gasteiger partial charge in [-0.2, -0.15) is 0 Å². The molecule has 2 saturated carbocycles. The van der Waals surface area contributed by atoms with Gasteiger partial charge in [0.05, 0.1) is 10.2 Å². The van der Waals surface area contributed by atoms with Crippen molar-refractivity contribution < 1.29 is 9.59 Å². The van der Waals surface area contributed by atoms with E-state index in [9.17, 15) is 14.4 Å². The van der Waals surface area contributed by atoms with Crippen LogP contribution in [0, 0.1) is 17.3 Å². The summed E-state index contributed by atoms with van der Waals surface area (Å²) in [5.41, 5.74) is 2.50. The first-order valence-corrected chi connectivity index (χ1v) is 9.74. The van der Waals surface area contributed by atoms with Crippen LogP contribution in [0.4, 0.5) is 0 Å². The van der Waals surface area contributed by atoms with Crippen LogP contribution in [0.5, 0.6) is 0 Å². The number of para-hydroxylation sites is 1. The molecule has 5 nitrogen and oxygen atoms in total. The van der Waals surface area contributed by atoms with Crippen molar-refractivity contribution in [3.8, 4) is 0 Å². The highest BCUT2D eigenvalue weighted by Gasteiger charge is 2.65. The molecule has 1 amide bonds. The van der Waals surface area contributed by atoms with Crippen molar-refractivity contribution in [2.75, 3.05) is 0 Å². The third kappa shape index (κ3) is 2.63. The number of hydrogen-bond donors (Lipinski definition) is 1. The molecule has 0 radical (unpaired) electrons. The Morgan fingerprint density at radius 2 is 2.04 bits per heavy atom. The molecule has 0 unspecified atom stereocenters. The Balaban J connectivity index is 1.46. The number of rotatable bonds is 4. The molecule has 26 heavy (non-hydrogen) atoms. The minimum absolute atomic E-state index is 0.0531. The van der Waals surface area contributed by atoms with E-state index in [1.54, 1.807) is 4.57 Å². The summed E-state index contributed by atoms with van der Waals surface area (Å²) in [4.78, 5) is 36.7. The predicted molar refractivity (Wildman–Crippen MR) is 102 cm³/mol. The number of ketones is 1. The van der Waals surface area contributed by atoms with Crippen molar-refractivity contribution >= 4 is 33.2 Å². The van der Waals surface area contributed by atoms with Crippen molar-refractivity contribution in [1.82, 2.24) is 9.88 Å². The van der Waals surface area contributed by atoms with Gasteiger partial charge in [0, 0.05) is 30.7 Å². The smallest absolute Gasteiger partial charge is 0.308 e. The lowest BCUT2D eigenvalue weighted by atomic mass is 9.95. The molecule has 2 aliphatic carbocycles. The van der Waals surface area contributed by atoms with Crippen LogP contribution in [0.25, 0.3) is 10.2 Å². The third-order valence-electron chi connectivity index (χ3n) is 5.93. The molecule has 2 aliphatic rings. The standard InChI is InChI=1S/C20H22N2O3S/c1-11(17-14(23)10-12-18(17)20(12,2)3)21-16(24)8-9-22-13-6-4-5-7-15(13)26-19(22)25/h4-7,12,18H,8-10H2,1-3H3,(H,21,24)/t12-,18+/m1/s1. The normalized spacial score (nSPS) is 25.3. The van der Waals surface area contributed by atoms with E-state index in [0.717, 1.165) is 15.8 Å². The second-order valence-electron chi connectivity index (χ2n) is 7.86. The number of benzene rings is 1. The molecule has 1 heterocycles. The number of aromatic nitrogens is 1. The van der Waals surface area contributed by atoms with E-state index >= 15 is 0 Å². The van der Waals surface area contributed by atoms with E-state index < -0.39 is 0 Å².